The van der Waals surface area contributed by atoms with Crippen LogP contribution in [0.4, 0.5) is 0 Å². The number of carbonyl (C=O) groups excluding carboxylic acids is 1. The number of amidine groups is 1. The second-order valence-electron chi connectivity index (χ2n) is 5.33. The van der Waals surface area contributed by atoms with Crippen molar-refractivity contribution >= 4 is 22.8 Å². The lowest BCUT2D eigenvalue weighted by Gasteiger charge is -2.30. The van der Waals surface area contributed by atoms with Gasteiger partial charge in [0.25, 0.3) is 0 Å². The zero-order chi connectivity index (χ0) is 13.9. The maximum absolute atomic E-state index is 11.5. The summed E-state index contributed by atoms with van der Waals surface area (Å²) in [5.74, 6) is 1.24. The number of carbonyl (C=O) groups is 1. The van der Waals surface area contributed by atoms with Gasteiger partial charge in [0.1, 0.15) is 0 Å². The van der Waals surface area contributed by atoms with Crippen molar-refractivity contribution in [2.45, 2.75) is 24.9 Å². The van der Waals surface area contributed by atoms with Crippen molar-refractivity contribution in [3.05, 3.63) is 35.9 Å². The molecule has 1 saturated heterocycles. The number of rotatable bonds is 2. The molecule has 1 aromatic rings. The van der Waals surface area contributed by atoms with Gasteiger partial charge in [0.15, 0.2) is 5.17 Å². The van der Waals surface area contributed by atoms with E-state index in [2.05, 4.69) is 29.6 Å². The van der Waals surface area contributed by atoms with Crippen LogP contribution in [-0.4, -0.2) is 41.4 Å². The lowest BCUT2D eigenvalue weighted by Crippen LogP contribution is -2.47. The van der Waals surface area contributed by atoms with Gasteiger partial charge in [0.2, 0.25) is 5.91 Å². The van der Waals surface area contributed by atoms with Crippen molar-refractivity contribution in [3.63, 3.8) is 0 Å². The van der Waals surface area contributed by atoms with E-state index >= 15 is 0 Å². The Hall–Kier alpha value is -1.49. The number of benzene rings is 1. The minimum atomic E-state index is 0.242. The normalized spacial score (nSPS) is 26.6. The van der Waals surface area contributed by atoms with E-state index in [9.17, 15) is 4.79 Å². The summed E-state index contributed by atoms with van der Waals surface area (Å²) in [6.45, 7) is 0.772. The zero-order valence-electron chi connectivity index (χ0n) is 11.6. The molecule has 0 aliphatic carbocycles. The van der Waals surface area contributed by atoms with Crippen molar-refractivity contribution < 1.29 is 4.79 Å². The fourth-order valence-electron chi connectivity index (χ4n) is 2.60. The minimum Gasteiger partial charge on any atom is -0.360 e. The lowest BCUT2D eigenvalue weighted by atomic mass is 10.1. The minimum absolute atomic E-state index is 0.242. The Morgan fingerprint density at radius 3 is 2.90 bits per heavy atom. The van der Waals surface area contributed by atoms with Crippen LogP contribution < -0.4 is 5.32 Å². The van der Waals surface area contributed by atoms with Crippen molar-refractivity contribution in [3.8, 4) is 0 Å². The van der Waals surface area contributed by atoms with Gasteiger partial charge in [-0.05, 0) is 12.0 Å². The highest BCUT2D eigenvalue weighted by molar-refractivity contribution is 8.14. The Kier molecular flexibility index (Phi) is 3.96. The van der Waals surface area contributed by atoms with E-state index in [1.807, 2.05) is 13.1 Å². The summed E-state index contributed by atoms with van der Waals surface area (Å²) < 4.78 is 0. The second-order valence-corrected chi connectivity index (χ2v) is 6.33. The van der Waals surface area contributed by atoms with Gasteiger partial charge >= 0.3 is 0 Å². The van der Waals surface area contributed by atoms with E-state index in [-0.39, 0.29) is 11.9 Å². The molecule has 2 unspecified atom stereocenters. The number of amides is 1. The summed E-state index contributed by atoms with van der Waals surface area (Å²) >= 11 is 1.78. The number of aliphatic imine (C=N–C) groups is 1. The summed E-state index contributed by atoms with van der Waals surface area (Å²) in [4.78, 5) is 18.0. The number of piperidine rings is 1. The van der Waals surface area contributed by atoms with E-state index in [1.54, 1.807) is 16.7 Å². The molecule has 4 nitrogen and oxygen atoms in total. The van der Waals surface area contributed by atoms with Gasteiger partial charge in [-0.15, -0.1) is 0 Å². The number of nitrogens with one attached hydrogen (secondary N) is 1. The highest BCUT2D eigenvalue weighted by Gasteiger charge is 2.26. The van der Waals surface area contributed by atoms with Crippen LogP contribution in [0.2, 0.25) is 0 Å². The van der Waals surface area contributed by atoms with Crippen molar-refractivity contribution in [1.82, 2.24) is 10.2 Å². The van der Waals surface area contributed by atoms with Crippen LogP contribution in [0.3, 0.4) is 0 Å². The molecule has 0 radical (unpaired) electrons. The molecule has 2 heterocycles. The molecule has 0 bridgehead atoms. The Balaban J connectivity index is 1.60. The van der Waals surface area contributed by atoms with Crippen LogP contribution in [-0.2, 0) is 4.79 Å². The smallest absolute Gasteiger partial charge is 0.222 e. The van der Waals surface area contributed by atoms with Crippen molar-refractivity contribution in [1.29, 1.82) is 0 Å². The molecule has 2 aliphatic rings. The first-order chi connectivity index (χ1) is 9.72. The van der Waals surface area contributed by atoms with Gasteiger partial charge in [-0.25, -0.2) is 0 Å². The van der Waals surface area contributed by atoms with Crippen LogP contribution in [0.15, 0.2) is 35.3 Å². The van der Waals surface area contributed by atoms with Crippen LogP contribution in [0.25, 0.3) is 0 Å². The Bertz CT molecular complexity index is 517. The molecule has 0 aromatic heterocycles. The van der Waals surface area contributed by atoms with Gasteiger partial charge in [-0.3, -0.25) is 9.79 Å². The summed E-state index contributed by atoms with van der Waals surface area (Å²) in [7, 11) is 1.87. The highest BCUT2D eigenvalue weighted by atomic mass is 32.2. The molecule has 2 aliphatic heterocycles. The first-order valence-corrected chi connectivity index (χ1v) is 7.97. The van der Waals surface area contributed by atoms with Gasteiger partial charge in [0.05, 0.1) is 6.04 Å². The Morgan fingerprint density at radius 1 is 1.35 bits per heavy atom. The van der Waals surface area contributed by atoms with Gasteiger partial charge in [-0.1, -0.05) is 42.1 Å². The van der Waals surface area contributed by atoms with Gasteiger partial charge in [0, 0.05) is 31.8 Å². The van der Waals surface area contributed by atoms with Crippen molar-refractivity contribution in [2.75, 3.05) is 19.3 Å². The van der Waals surface area contributed by atoms with E-state index in [4.69, 9.17) is 4.99 Å². The third-order valence-electron chi connectivity index (χ3n) is 3.79. The van der Waals surface area contributed by atoms with E-state index in [0.29, 0.717) is 12.5 Å². The fraction of sp³-hybridized carbons (Fsp3) is 0.467. The van der Waals surface area contributed by atoms with Crippen LogP contribution in [0.1, 0.15) is 24.4 Å². The average molecular weight is 289 g/mol. The molecule has 106 valence electrons. The number of likely N-dealkylation sites (N-methyl/N-ethyl adjacent to an activating group) is 1. The topological polar surface area (TPSA) is 44.7 Å². The predicted octanol–water partition coefficient (Wildman–Crippen LogP) is 2.04. The number of hydrogen-bond donors (Lipinski definition) is 1. The summed E-state index contributed by atoms with van der Waals surface area (Å²) in [5.41, 5.74) is 1.27. The maximum Gasteiger partial charge on any atom is 0.222 e. The molecule has 1 N–H and O–H groups in total. The summed E-state index contributed by atoms with van der Waals surface area (Å²) in [6, 6.07) is 11.0. The number of nitrogens with zero attached hydrogens (tertiary/aromatic N) is 2. The number of hydrogen-bond acceptors (Lipinski definition) is 4. The molecule has 5 heteroatoms. The Morgan fingerprint density at radius 2 is 2.15 bits per heavy atom. The first-order valence-electron chi connectivity index (χ1n) is 6.98. The summed E-state index contributed by atoms with van der Waals surface area (Å²) in [6.07, 6.45) is 1.53. The van der Waals surface area contributed by atoms with E-state index in [1.165, 1.54) is 5.56 Å². The standard InChI is InChI=1S/C15H19N3OS/c1-18-9-12(7-8-14(18)19)16-15-17-13(10-20-15)11-5-3-2-4-6-11/h2-6,12-13H,7-10H2,1H3,(H,16,17). The third-order valence-corrected chi connectivity index (χ3v) is 4.77. The molecule has 0 spiro atoms. The van der Waals surface area contributed by atoms with Crippen LogP contribution in [0.5, 0.6) is 0 Å². The molecule has 1 aromatic carbocycles. The quantitative estimate of drug-likeness (QED) is 0.906. The molecule has 1 fully saturated rings. The zero-order valence-corrected chi connectivity index (χ0v) is 12.4. The monoisotopic (exact) mass is 289 g/mol. The van der Waals surface area contributed by atoms with Crippen molar-refractivity contribution in [2.24, 2.45) is 4.99 Å². The predicted molar refractivity (Wildman–Crippen MR) is 82.9 cm³/mol. The molecule has 3 rings (SSSR count). The Labute approximate surface area is 123 Å². The van der Waals surface area contributed by atoms with E-state index < -0.39 is 0 Å². The summed E-state index contributed by atoms with van der Waals surface area (Å²) in [5, 5.41) is 4.51. The molecule has 2 atom stereocenters. The number of likely N-dealkylation sites (tertiary alicyclic amines) is 1. The number of thioether (sulfide) groups is 1. The van der Waals surface area contributed by atoms with Crippen LogP contribution >= 0.6 is 11.8 Å². The SMILES string of the molecule is CN1CC(NC2=NC(c3ccccc3)CS2)CCC1=O. The first kappa shape index (κ1) is 13.5. The second kappa shape index (κ2) is 5.87. The molecular weight excluding hydrogens is 270 g/mol. The third kappa shape index (κ3) is 2.98. The van der Waals surface area contributed by atoms with Crippen LogP contribution in [0, 0.1) is 0 Å². The lowest BCUT2D eigenvalue weighted by molar-refractivity contribution is -0.132. The van der Waals surface area contributed by atoms with Gasteiger partial charge < -0.3 is 10.2 Å². The highest BCUT2D eigenvalue weighted by Crippen LogP contribution is 2.29. The average Bonchev–Trinajstić information content (AvgIpc) is 2.92. The molecule has 1 amide bonds. The maximum atomic E-state index is 11.5. The largest absolute Gasteiger partial charge is 0.360 e. The van der Waals surface area contributed by atoms with Gasteiger partial charge in [-0.2, -0.15) is 0 Å². The molecule has 0 saturated carbocycles. The molecule has 20 heavy (non-hydrogen) atoms. The van der Waals surface area contributed by atoms with E-state index in [0.717, 1.165) is 23.9 Å². The fourth-order valence-corrected chi connectivity index (χ4v) is 3.64. The molecular formula is C15H19N3OS.